The molecule has 2 heteroatoms. The first-order valence-corrected chi connectivity index (χ1v) is 7.64. The van der Waals surface area contributed by atoms with Gasteiger partial charge in [-0.3, -0.25) is 0 Å². The largest absolute Gasteiger partial charge is 0.371 e. The van der Waals surface area contributed by atoms with E-state index >= 15 is 0 Å². The quantitative estimate of drug-likeness (QED) is 0.555. The maximum Gasteiger partial charge on any atom is 0.0474 e. The van der Waals surface area contributed by atoms with Gasteiger partial charge in [-0.25, -0.2) is 0 Å². The van der Waals surface area contributed by atoms with Crippen molar-refractivity contribution >= 4 is 17.3 Å². The van der Waals surface area contributed by atoms with Gasteiger partial charge in [-0.15, -0.1) is 11.6 Å². The van der Waals surface area contributed by atoms with Crippen molar-refractivity contribution in [3.63, 3.8) is 0 Å². The first-order chi connectivity index (χ1) is 8.72. The molecule has 18 heavy (non-hydrogen) atoms. The first kappa shape index (κ1) is 13.7. The molecule has 1 aromatic carbocycles. The fourth-order valence-electron chi connectivity index (χ4n) is 3.04. The number of rotatable bonds is 3. The van der Waals surface area contributed by atoms with Crippen molar-refractivity contribution in [1.82, 2.24) is 0 Å². The van der Waals surface area contributed by atoms with E-state index in [9.17, 15) is 0 Å². The average Bonchev–Trinajstić information content (AvgIpc) is 2.66. The third-order valence-electron chi connectivity index (χ3n) is 4.17. The Morgan fingerprint density at radius 2 is 1.83 bits per heavy atom. The van der Waals surface area contributed by atoms with Gasteiger partial charge in [0, 0.05) is 24.7 Å². The highest BCUT2D eigenvalue weighted by Gasteiger charge is 2.18. The Kier molecular flexibility index (Phi) is 4.94. The zero-order valence-electron chi connectivity index (χ0n) is 11.6. The van der Waals surface area contributed by atoms with Crippen molar-refractivity contribution < 1.29 is 0 Å². The van der Waals surface area contributed by atoms with E-state index in [1.807, 2.05) is 0 Å². The Labute approximate surface area is 116 Å². The Balaban J connectivity index is 2.14. The molecule has 100 valence electrons. The fraction of sp³-hybridized carbons (Fsp3) is 0.625. The lowest BCUT2D eigenvalue weighted by molar-refractivity contribution is 0.552. The molecule has 1 aliphatic carbocycles. The molecule has 1 fully saturated rings. The number of hydrogen-bond acceptors (Lipinski definition) is 1. The van der Waals surface area contributed by atoms with Gasteiger partial charge in [-0.2, -0.15) is 0 Å². The van der Waals surface area contributed by atoms with E-state index < -0.39 is 0 Å². The van der Waals surface area contributed by atoms with Crippen molar-refractivity contribution in [1.29, 1.82) is 0 Å². The summed E-state index contributed by atoms with van der Waals surface area (Å²) in [5.74, 6) is 0.605. The Hall–Kier alpha value is -0.690. The molecular weight excluding hydrogens is 242 g/mol. The number of benzene rings is 1. The van der Waals surface area contributed by atoms with Gasteiger partial charge in [-0.1, -0.05) is 37.8 Å². The summed E-state index contributed by atoms with van der Waals surface area (Å²) in [7, 11) is 2.25. The second-order valence-electron chi connectivity index (χ2n) is 5.51. The maximum absolute atomic E-state index is 5.89. The summed E-state index contributed by atoms with van der Waals surface area (Å²) in [6.45, 7) is 2.19. The average molecular weight is 266 g/mol. The molecule has 0 radical (unpaired) electrons. The summed E-state index contributed by atoms with van der Waals surface area (Å²) in [6.07, 6.45) is 8.27. The lowest BCUT2D eigenvalue weighted by Crippen LogP contribution is -2.31. The molecule has 0 N–H and O–H groups in total. The van der Waals surface area contributed by atoms with Crippen LogP contribution in [0.5, 0.6) is 0 Å². The Bertz CT molecular complexity index is 381. The highest BCUT2D eigenvalue weighted by Crippen LogP contribution is 2.28. The molecule has 0 spiro atoms. The number of nitrogens with zero attached hydrogens (tertiary/aromatic N) is 1. The van der Waals surface area contributed by atoms with Crippen molar-refractivity contribution in [3.8, 4) is 0 Å². The molecule has 1 saturated carbocycles. The van der Waals surface area contributed by atoms with Crippen LogP contribution in [-0.2, 0) is 5.88 Å². The van der Waals surface area contributed by atoms with Crippen LogP contribution in [0.15, 0.2) is 18.2 Å². The van der Waals surface area contributed by atoms with Crippen molar-refractivity contribution in [2.24, 2.45) is 0 Å². The molecule has 0 aromatic heterocycles. The van der Waals surface area contributed by atoms with Crippen molar-refractivity contribution in [2.75, 3.05) is 11.9 Å². The van der Waals surface area contributed by atoms with E-state index in [1.54, 1.807) is 0 Å². The van der Waals surface area contributed by atoms with Gasteiger partial charge in [0.2, 0.25) is 0 Å². The van der Waals surface area contributed by atoms with Gasteiger partial charge in [0.25, 0.3) is 0 Å². The molecule has 1 aliphatic rings. The standard InChI is InChI=1S/C16H24ClN/c1-13-11-14(12-17)9-10-16(13)18(2)15-7-5-3-4-6-8-15/h9-11,15H,3-8,12H2,1-2H3. The molecule has 0 bridgehead atoms. The molecule has 1 aromatic rings. The minimum Gasteiger partial charge on any atom is -0.371 e. The molecule has 0 heterocycles. The van der Waals surface area contributed by atoms with E-state index in [4.69, 9.17) is 11.6 Å². The van der Waals surface area contributed by atoms with E-state index in [-0.39, 0.29) is 0 Å². The van der Waals surface area contributed by atoms with Crippen LogP contribution >= 0.6 is 11.6 Å². The van der Waals surface area contributed by atoms with Crippen molar-refractivity contribution in [3.05, 3.63) is 29.3 Å². The molecule has 0 unspecified atom stereocenters. The molecular formula is C16H24ClN. The molecule has 0 amide bonds. The van der Waals surface area contributed by atoms with Crippen LogP contribution < -0.4 is 4.90 Å². The summed E-state index contributed by atoms with van der Waals surface area (Å²) < 4.78 is 0. The van der Waals surface area contributed by atoms with E-state index in [0.29, 0.717) is 11.9 Å². The van der Waals surface area contributed by atoms with Crippen LogP contribution in [0, 0.1) is 6.92 Å². The predicted molar refractivity (Wildman–Crippen MR) is 80.6 cm³/mol. The van der Waals surface area contributed by atoms with Crippen LogP contribution in [0.2, 0.25) is 0 Å². The van der Waals surface area contributed by atoms with Gasteiger partial charge >= 0.3 is 0 Å². The Morgan fingerprint density at radius 3 is 2.39 bits per heavy atom. The zero-order valence-corrected chi connectivity index (χ0v) is 12.3. The van der Waals surface area contributed by atoms with E-state index in [0.717, 1.165) is 0 Å². The second kappa shape index (κ2) is 6.47. The number of hydrogen-bond donors (Lipinski definition) is 0. The third-order valence-corrected chi connectivity index (χ3v) is 4.48. The number of anilines is 1. The first-order valence-electron chi connectivity index (χ1n) is 7.10. The predicted octanol–water partition coefficient (Wildman–Crippen LogP) is 4.89. The zero-order chi connectivity index (χ0) is 13.0. The molecule has 0 atom stereocenters. The van der Waals surface area contributed by atoms with Crippen LogP contribution in [0.3, 0.4) is 0 Å². The molecule has 1 nitrogen and oxygen atoms in total. The minimum absolute atomic E-state index is 0.605. The third kappa shape index (κ3) is 3.20. The molecule has 2 rings (SSSR count). The monoisotopic (exact) mass is 265 g/mol. The number of aryl methyl sites for hydroxylation is 1. The van der Waals surface area contributed by atoms with Crippen molar-refractivity contribution in [2.45, 2.75) is 57.4 Å². The van der Waals surface area contributed by atoms with Crippen LogP contribution in [-0.4, -0.2) is 13.1 Å². The van der Waals surface area contributed by atoms with E-state index in [2.05, 4.69) is 37.1 Å². The topological polar surface area (TPSA) is 3.24 Å². The summed E-state index contributed by atoms with van der Waals surface area (Å²) in [5.41, 5.74) is 3.93. The van der Waals surface area contributed by atoms with E-state index in [1.165, 1.54) is 55.3 Å². The smallest absolute Gasteiger partial charge is 0.0474 e. The van der Waals surface area contributed by atoms with Crippen LogP contribution in [0.4, 0.5) is 5.69 Å². The minimum atomic E-state index is 0.605. The number of halogens is 1. The lowest BCUT2D eigenvalue weighted by Gasteiger charge is -2.30. The van der Waals surface area contributed by atoms with Gasteiger partial charge in [0.15, 0.2) is 0 Å². The highest BCUT2D eigenvalue weighted by atomic mass is 35.5. The molecule has 0 aliphatic heterocycles. The summed E-state index contributed by atoms with van der Waals surface area (Å²) in [4.78, 5) is 2.48. The summed E-state index contributed by atoms with van der Waals surface area (Å²) in [6, 6.07) is 7.32. The maximum atomic E-state index is 5.89. The number of alkyl halides is 1. The highest BCUT2D eigenvalue weighted by molar-refractivity contribution is 6.17. The van der Waals surface area contributed by atoms with Crippen LogP contribution in [0.25, 0.3) is 0 Å². The lowest BCUT2D eigenvalue weighted by atomic mass is 10.0. The fourth-order valence-corrected chi connectivity index (χ4v) is 3.20. The van der Waals surface area contributed by atoms with Gasteiger partial charge in [-0.05, 0) is 37.0 Å². The van der Waals surface area contributed by atoms with Crippen LogP contribution in [0.1, 0.15) is 49.7 Å². The summed E-state index contributed by atoms with van der Waals surface area (Å²) in [5, 5.41) is 0. The SMILES string of the molecule is Cc1cc(CCl)ccc1N(C)C1CCCCCC1. The Morgan fingerprint density at radius 1 is 1.17 bits per heavy atom. The second-order valence-corrected chi connectivity index (χ2v) is 5.78. The summed E-state index contributed by atoms with van der Waals surface area (Å²) >= 11 is 5.89. The van der Waals surface area contributed by atoms with Gasteiger partial charge < -0.3 is 4.90 Å². The normalized spacial score (nSPS) is 17.5. The van der Waals surface area contributed by atoms with Gasteiger partial charge in [0.05, 0.1) is 0 Å². The molecule has 0 saturated heterocycles. The van der Waals surface area contributed by atoms with Gasteiger partial charge in [0.1, 0.15) is 0 Å².